The number of halogens is 1. The number of aromatic nitrogens is 3. The molecule has 5 rings (SSSR count). The number of rotatable bonds is 2. The van der Waals surface area contributed by atoms with E-state index >= 15 is 0 Å². The number of ether oxygens (including phenoxy) is 1. The van der Waals surface area contributed by atoms with Gasteiger partial charge in [0.15, 0.2) is 5.65 Å². The number of nitrogens with zero attached hydrogens (tertiary/aromatic N) is 3. The molecule has 0 saturated heterocycles. The molecular formula is C18H15FN4O2. The number of anilines is 1. The Kier molecular flexibility index (Phi) is 2.89. The number of nitrogens with one attached hydrogen (secondary N) is 1. The van der Waals surface area contributed by atoms with E-state index in [0.717, 1.165) is 24.2 Å². The first-order valence-electron chi connectivity index (χ1n) is 8.21. The predicted molar refractivity (Wildman–Crippen MR) is 87.9 cm³/mol. The molecular weight excluding hydrogens is 323 g/mol. The van der Waals surface area contributed by atoms with E-state index in [9.17, 15) is 9.18 Å². The van der Waals surface area contributed by atoms with Crippen LogP contribution in [-0.2, 0) is 10.2 Å². The highest BCUT2D eigenvalue weighted by molar-refractivity contribution is 5.95. The summed E-state index contributed by atoms with van der Waals surface area (Å²) in [7, 11) is 0. The van der Waals surface area contributed by atoms with Crippen molar-refractivity contribution in [1.29, 1.82) is 0 Å². The summed E-state index contributed by atoms with van der Waals surface area (Å²) in [5.74, 6) is 0.424. The minimum absolute atomic E-state index is 0.104. The van der Waals surface area contributed by atoms with E-state index in [1.165, 1.54) is 22.8 Å². The Morgan fingerprint density at radius 1 is 1.32 bits per heavy atom. The van der Waals surface area contributed by atoms with Crippen LogP contribution in [-0.4, -0.2) is 27.1 Å². The van der Waals surface area contributed by atoms with Crippen molar-refractivity contribution in [3.05, 3.63) is 54.0 Å². The van der Waals surface area contributed by atoms with Gasteiger partial charge in [0.2, 0.25) is 11.9 Å². The van der Waals surface area contributed by atoms with Gasteiger partial charge in [-0.1, -0.05) is 18.2 Å². The fourth-order valence-corrected chi connectivity index (χ4v) is 3.81. The number of amides is 1. The smallest absolute Gasteiger partial charge is 0.249 e. The van der Waals surface area contributed by atoms with Gasteiger partial charge in [-0.05, 0) is 31.0 Å². The molecule has 1 aromatic carbocycles. The van der Waals surface area contributed by atoms with E-state index in [1.807, 2.05) is 24.3 Å². The van der Waals surface area contributed by atoms with Gasteiger partial charge in [-0.3, -0.25) is 10.1 Å². The Hall–Kier alpha value is -2.96. The molecule has 7 heteroatoms. The fourth-order valence-electron chi connectivity index (χ4n) is 3.81. The molecule has 2 atom stereocenters. The highest BCUT2D eigenvalue weighted by atomic mass is 19.1. The Balaban J connectivity index is 1.39. The summed E-state index contributed by atoms with van der Waals surface area (Å²) >= 11 is 0. The maximum absolute atomic E-state index is 13.2. The Labute approximate surface area is 142 Å². The van der Waals surface area contributed by atoms with Crippen molar-refractivity contribution in [2.75, 3.05) is 11.9 Å². The summed E-state index contributed by atoms with van der Waals surface area (Å²) < 4.78 is 20.3. The predicted octanol–water partition coefficient (Wildman–Crippen LogP) is 2.55. The Morgan fingerprint density at radius 3 is 3.12 bits per heavy atom. The molecule has 1 aliphatic heterocycles. The number of pyridine rings is 1. The minimum Gasteiger partial charge on any atom is -0.493 e. The van der Waals surface area contributed by atoms with Crippen molar-refractivity contribution < 1.29 is 13.9 Å². The molecule has 1 aliphatic carbocycles. The van der Waals surface area contributed by atoms with Crippen LogP contribution in [0.2, 0.25) is 0 Å². The topological polar surface area (TPSA) is 68.5 Å². The molecule has 3 heterocycles. The number of benzene rings is 1. The molecule has 6 nitrogen and oxygen atoms in total. The van der Waals surface area contributed by atoms with Gasteiger partial charge in [0.25, 0.3) is 0 Å². The molecule has 3 aromatic rings. The van der Waals surface area contributed by atoms with Crippen LogP contribution < -0.4 is 10.1 Å². The lowest BCUT2D eigenvalue weighted by atomic mass is 9.87. The lowest BCUT2D eigenvalue weighted by Crippen LogP contribution is -2.26. The van der Waals surface area contributed by atoms with Crippen molar-refractivity contribution >= 4 is 17.5 Å². The van der Waals surface area contributed by atoms with E-state index in [2.05, 4.69) is 15.4 Å². The average molecular weight is 338 g/mol. The van der Waals surface area contributed by atoms with Gasteiger partial charge in [-0.2, -0.15) is 4.98 Å². The molecule has 1 amide bonds. The molecule has 126 valence electrons. The highest BCUT2D eigenvalue weighted by Gasteiger charge is 2.61. The quantitative estimate of drug-likeness (QED) is 0.780. The molecule has 0 unspecified atom stereocenters. The van der Waals surface area contributed by atoms with Crippen molar-refractivity contribution in [2.45, 2.75) is 18.3 Å². The lowest BCUT2D eigenvalue weighted by molar-refractivity contribution is -0.117. The molecule has 0 bridgehead atoms. The summed E-state index contributed by atoms with van der Waals surface area (Å²) in [6, 6.07) is 10.7. The fraction of sp³-hybridized carbons (Fsp3) is 0.278. The Morgan fingerprint density at radius 2 is 2.20 bits per heavy atom. The Bertz CT molecular complexity index is 1000. The second kappa shape index (κ2) is 5.02. The molecule has 25 heavy (non-hydrogen) atoms. The average Bonchev–Trinajstić information content (AvgIpc) is 3.19. The second-order valence-electron chi connectivity index (χ2n) is 6.58. The van der Waals surface area contributed by atoms with Crippen LogP contribution in [0.1, 0.15) is 18.4 Å². The summed E-state index contributed by atoms with van der Waals surface area (Å²) in [5.41, 5.74) is 1.44. The van der Waals surface area contributed by atoms with Crippen LogP contribution in [0, 0.1) is 11.7 Å². The first-order chi connectivity index (χ1) is 12.2. The van der Waals surface area contributed by atoms with E-state index < -0.39 is 5.82 Å². The number of para-hydroxylation sites is 1. The van der Waals surface area contributed by atoms with Crippen molar-refractivity contribution in [3.63, 3.8) is 0 Å². The van der Waals surface area contributed by atoms with Crippen LogP contribution in [0.25, 0.3) is 5.65 Å². The van der Waals surface area contributed by atoms with Crippen molar-refractivity contribution in [1.82, 2.24) is 14.6 Å². The van der Waals surface area contributed by atoms with Crippen LogP contribution >= 0.6 is 0 Å². The maximum atomic E-state index is 13.2. The summed E-state index contributed by atoms with van der Waals surface area (Å²) in [6.07, 6.45) is 2.85. The van der Waals surface area contributed by atoms with E-state index in [-0.39, 0.29) is 23.2 Å². The van der Waals surface area contributed by atoms with Crippen LogP contribution in [0.5, 0.6) is 5.75 Å². The SMILES string of the molecule is O=C(Nc1nc2ccc(F)cn2n1)[C@@H]1C[C@]12CCOc1ccccc12. The number of fused-ring (bicyclic) bond motifs is 3. The number of carbonyl (C=O) groups excluding carboxylic acids is 1. The van der Waals surface area contributed by atoms with E-state index in [1.54, 1.807) is 0 Å². The lowest BCUT2D eigenvalue weighted by Gasteiger charge is -2.26. The van der Waals surface area contributed by atoms with Gasteiger partial charge in [0.05, 0.1) is 12.8 Å². The maximum Gasteiger partial charge on any atom is 0.249 e. The van der Waals surface area contributed by atoms with Crippen molar-refractivity contribution in [2.24, 2.45) is 5.92 Å². The van der Waals surface area contributed by atoms with E-state index in [0.29, 0.717) is 12.3 Å². The van der Waals surface area contributed by atoms with Crippen LogP contribution in [0.15, 0.2) is 42.6 Å². The van der Waals surface area contributed by atoms with Gasteiger partial charge in [-0.25, -0.2) is 8.91 Å². The summed E-state index contributed by atoms with van der Waals surface area (Å²) in [6.45, 7) is 0.618. The normalized spacial score (nSPS) is 24.0. The van der Waals surface area contributed by atoms with Gasteiger partial charge in [-0.15, -0.1) is 5.10 Å². The second-order valence-corrected chi connectivity index (χ2v) is 6.58. The third-order valence-corrected chi connectivity index (χ3v) is 5.15. The van der Waals surface area contributed by atoms with Gasteiger partial charge in [0.1, 0.15) is 11.6 Å². The zero-order valence-electron chi connectivity index (χ0n) is 13.3. The number of carbonyl (C=O) groups is 1. The third kappa shape index (κ3) is 2.19. The van der Waals surface area contributed by atoms with Gasteiger partial charge >= 0.3 is 0 Å². The van der Waals surface area contributed by atoms with Gasteiger partial charge in [0, 0.05) is 16.9 Å². The largest absolute Gasteiger partial charge is 0.493 e. The summed E-state index contributed by atoms with van der Waals surface area (Å²) in [5, 5.41) is 6.88. The van der Waals surface area contributed by atoms with Gasteiger partial charge < -0.3 is 4.74 Å². The highest BCUT2D eigenvalue weighted by Crippen LogP contribution is 2.60. The number of hydrogen-bond donors (Lipinski definition) is 1. The molecule has 0 radical (unpaired) electrons. The first kappa shape index (κ1) is 14.4. The first-order valence-corrected chi connectivity index (χ1v) is 8.21. The standard InChI is InChI=1S/C18H15FN4O2/c19-11-5-6-15-20-17(22-23(15)10-11)21-16(24)13-9-18(13)7-8-25-14-4-2-1-3-12(14)18/h1-6,10,13H,7-9H2,(H,21,22,24)/t13-,18-/m0/s1. The van der Waals surface area contributed by atoms with Crippen LogP contribution in [0.4, 0.5) is 10.3 Å². The zero-order valence-corrected chi connectivity index (χ0v) is 13.3. The molecule has 1 spiro atoms. The molecule has 1 N–H and O–H groups in total. The molecule has 1 saturated carbocycles. The molecule has 2 aromatic heterocycles. The van der Waals surface area contributed by atoms with Crippen LogP contribution in [0.3, 0.4) is 0 Å². The molecule has 2 aliphatic rings. The monoisotopic (exact) mass is 338 g/mol. The number of hydrogen-bond acceptors (Lipinski definition) is 4. The minimum atomic E-state index is -0.407. The summed E-state index contributed by atoms with van der Waals surface area (Å²) in [4.78, 5) is 16.9. The third-order valence-electron chi connectivity index (χ3n) is 5.15. The van der Waals surface area contributed by atoms with E-state index in [4.69, 9.17) is 4.74 Å². The van der Waals surface area contributed by atoms with Crippen molar-refractivity contribution in [3.8, 4) is 5.75 Å². The zero-order chi connectivity index (χ0) is 17.0. The molecule has 1 fully saturated rings.